The minimum absolute atomic E-state index is 0.181. The SMILES string of the molecule is CC/C=C/C/C=C/C/C=C/C/C=C/C/C=C/CCCCCC(=O)OC[C@H](COP(=O)(O)O)OC(=O)CCCCC/C=C/CCCCCCCCCC. The number of allylic oxidation sites excluding steroid dienone is 12. The Morgan fingerprint density at radius 1 is 0.519 bits per heavy atom. The van der Waals surface area contributed by atoms with Gasteiger partial charge in [0.1, 0.15) is 6.61 Å². The van der Waals surface area contributed by atoms with Crippen molar-refractivity contribution in [2.75, 3.05) is 13.2 Å². The number of carbonyl (C=O) groups excluding carboxylic acids is 2. The number of ether oxygens (including phenoxy) is 2. The van der Waals surface area contributed by atoms with Crippen molar-refractivity contribution in [3.63, 3.8) is 0 Å². The van der Waals surface area contributed by atoms with Crippen molar-refractivity contribution >= 4 is 19.8 Å². The van der Waals surface area contributed by atoms with Crippen molar-refractivity contribution in [1.29, 1.82) is 0 Å². The third-order valence-electron chi connectivity index (χ3n) is 8.21. The van der Waals surface area contributed by atoms with E-state index in [1.54, 1.807) is 0 Å². The van der Waals surface area contributed by atoms with Crippen molar-refractivity contribution in [3.8, 4) is 0 Å². The van der Waals surface area contributed by atoms with Crippen LogP contribution < -0.4 is 0 Å². The van der Waals surface area contributed by atoms with E-state index < -0.39 is 32.5 Å². The molecule has 0 radical (unpaired) electrons. The molecule has 0 aromatic heterocycles. The smallest absolute Gasteiger partial charge is 0.462 e. The van der Waals surface area contributed by atoms with E-state index in [9.17, 15) is 14.2 Å². The molecular formula is C43H73O8P. The minimum Gasteiger partial charge on any atom is -0.462 e. The van der Waals surface area contributed by atoms with Crippen LogP contribution in [0.2, 0.25) is 0 Å². The number of phosphoric acid groups is 1. The van der Waals surface area contributed by atoms with E-state index in [4.69, 9.17) is 19.3 Å². The fraction of sp³-hybridized carbons (Fsp3) is 0.674. The summed E-state index contributed by atoms with van der Waals surface area (Å²) in [6, 6.07) is 0. The lowest BCUT2D eigenvalue weighted by Gasteiger charge is -2.18. The van der Waals surface area contributed by atoms with Gasteiger partial charge in [-0.15, -0.1) is 0 Å². The van der Waals surface area contributed by atoms with E-state index in [1.807, 2.05) is 0 Å². The molecule has 0 aliphatic carbocycles. The van der Waals surface area contributed by atoms with Gasteiger partial charge in [-0.05, 0) is 83.5 Å². The monoisotopic (exact) mass is 749 g/mol. The van der Waals surface area contributed by atoms with E-state index in [-0.39, 0.29) is 19.4 Å². The molecule has 0 unspecified atom stereocenters. The fourth-order valence-corrected chi connectivity index (χ4v) is 5.58. The van der Waals surface area contributed by atoms with Gasteiger partial charge < -0.3 is 19.3 Å². The Kier molecular flexibility index (Phi) is 36.4. The molecule has 1 atom stereocenters. The Hall–Kier alpha value is -2.51. The van der Waals surface area contributed by atoms with Crippen molar-refractivity contribution in [1.82, 2.24) is 0 Å². The van der Waals surface area contributed by atoms with Crippen molar-refractivity contribution in [3.05, 3.63) is 72.9 Å². The third kappa shape index (κ3) is 40.3. The lowest BCUT2D eigenvalue weighted by atomic mass is 10.1. The summed E-state index contributed by atoms with van der Waals surface area (Å²) in [5, 5.41) is 0. The summed E-state index contributed by atoms with van der Waals surface area (Å²) in [4.78, 5) is 42.8. The Morgan fingerprint density at radius 2 is 0.923 bits per heavy atom. The molecule has 0 saturated carbocycles. The molecule has 0 rings (SSSR count). The van der Waals surface area contributed by atoms with E-state index in [0.29, 0.717) is 12.8 Å². The maximum absolute atomic E-state index is 12.4. The Labute approximate surface area is 317 Å². The van der Waals surface area contributed by atoms with Gasteiger partial charge in [-0.2, -0.15) is 0 Å². The maximum Gasteiger partial charge on any atom is 0.469 e. The second-order valence-electron chi connectivity index (χ2n) is 13.2. The van der Waals surface area contributed by atoms with Gasteiger partial charge in [0.2, 0.25) is 0 Å². The van der Waals surface area contributed by atoms with Gasteiger partial charge in [0.25, 0.3) is 0 Å². The first-order valence-electron chi connectivity index (χ1n) is 20.2. The number of rotatable bonds is 36. The zero-order chi connectivity index (χ0) is 38.2. The number of carbonyl (C=O) groups is 2. The van der Waals surface area contributed by atoms with Crippen molar-refractivity contribution < 1.29 is 37.9 Å². The van der Waals surface area contributed by atoms with Crippen LogP contribution in [0.4, 0.5) is 0 Å². The van der Waals surface area contributed by atoms with Crippen LogP contribution in [0.3, 0.4) is 0 Å². The van der Waals surface area contributed by atoms with Crippen molar-refractivity contribution in [2.24, 2.45) is 0 Å². The Morgan fingerprint density at radius 3 is 1.40 bits per heavy atom. The molecule has 9 heteroatoms. The molecule has 0 aliphatic heterocycles. The van der Waals surface area contributed by atoms with Crippen molar-refractivity contribution in [2.45, 2.75) is 174 Å². The quantitative estimate of drug-likeness (QED) is 0.0281. The van der Waals surface area contributed by atoms with Crippen LogP contribution in [0.5, 0.6) is 0 Å². The van der Waals surface area contributed by atoms with Gasteiger partial charge in [0.05, 0.1) is 6.61 Å². The molecule has 52 heavy (non-hydrogen) atoms. The number of esters is 2. The Bertz CT molecular complexity index is 1070. The van der Waals surface area contributed by atoms with E-state index >= 15 is 0 Å². The number of hydrogen-bond acceptors (Lipinski definition) is 6. The molecule has 0 aromatic rings. The normalized spacial score (nSPS) is 13.2. The zero-order valence-corrected chi connectivity index (χ0v) is 33.6. The van der Waals surface area contributed by atoms with E-state index in [2.05, 4.69) is 91.3 Å². The number of hydrogen-bond donors (Lipinski definition) is 2. The highest BCUT2D eigenvalue weighted by atomic mass is 31.2. The average Bonchev–Trinajstić information content (AvgIpc) is 3.11. The Balaban J connectivity index is 4.04. The molecular weight excluding hydrogens is 675 g/mol. The highest BCUT2D eigenvalue weighted by Gasteiger charge is 2.22. The molecule has 0 amide bonds. The number of phosphoric ester groups is 1. The van der Waals surface area contributed by atoms with Crippen LogP contribution in [0.1, 0.15) is 168 Å². The predicted octanol–water partition coefficient (Wildman–Crippen LogP) is 12.3. The molecule has 298 valence electrons. The van der Waals surface area contributed by atoms with E-state index in [1.165, 1.54) is 51.4 Å². The maximum atomic E-state index is 12.4. The van der Waals surface area contributed by atoms with Gasteiger partial charge in [-0.25, -0.2) is 4.57 Å². The van der Waals surface area contributed by atoms with Crippen LogP contribution in [0, 0.1) is 0 Å². The molecule has 0 heterocycles. The highest BCUT2D eigenvalue weighted by molar-refractivity contribution is 7.46. The summed E-state index contributed by atoms with van der Waals surface area (Å²) >= 11 is 0. The second-order valence-corrected chi connectivity index (χ2v) is 14.5. The lowest BCUT2D eigenvalue weighted by Crippen LogP contribution is -2.29. The van der Waals surface area contributed by atoms with Gasteiger partial charge in [0, 0.05) is 12.8 Å². The largest absolute Gasteiger partial charge is 0.469 e. The molecule has 0 bridgehead atoms. The molecule has 0 aromatic carbocycles. The van der Waals surface area contributed by atoms with Gasteiger partial charge >= 0.3 is 19.8 Å². The predicted molar refractivity (Wildman–Crippen MR) is 216 cm³/mol. The van der Waals surface area contributed by atoms with Crippen LogP contribution in [0.15, 0.2) is 72.9 Å². The summed E-state index contributed by atoms with van der Waals surface area (Å²) < 4.78 is 26.3. The minimum atomic E-state index is -4.77. The summed E-state index contributed by atoms with van der Waals surface area (Å²) in [7, 11) is -4.77. The van der Waals surface area contributed by atoms with Gasteiger partial charge in [-0.3, -0.25) is 14.1 Å². The van der Waals surface area contributed by atoms with Gasteiger partial charge in [0.15, 0.2) is 6.10 Å². The molecule has 0 aliphatic rings. The average molecular weight is 749 g/mol. The van der Waals surface area contributed by atoms with Crippen LogP contribution >= 0.6 is 7.82 Å². The summed E-state index contributed by atoms with van der Waals surface area (Å²) in [6.07, 6.45) is 49.1. The van der Waals surface area contributed by atoms with E-state index in [0.717, 1.165) is 77.0 Å². The first kappa shape index (κ1) is 49.5. The van der Waals surface area contributed by atoms with Crippen LogP contribution in [-0.2, 0) is 28.2 Å². The standard InChI is InChI=1S/C43H73O8P/c1-3-5-7-9-11-13-15-17-19-20-21-22-24-25-27-29-31-33-35-37-42(44)49-39-41(40-50-52(46,47)48)51-43(45)38-36-34-32-30-28-26-23-18-16-14-12-10-8-6-4-2/h5,7,11,13,17,19,21-22,25-28,41H,3-4,6,8-10,12,14-16,18,20,23-24,29-40H2,1-2H3,(H2,46,47,48)/b7-5+,13-11+,19-17+,22-21+,27-25+,28-26+/t41-/m1/s1. The highest BCUT2D eigenvalue weighted by Crippen LogP contribution is 2.36. The number of unbranched alkanes of at least 4 members (excludes halogenated alkanes) is 14. The van der Waals surface area contributed by atoms with Gasteiger partial charge in [-0.1, -0.05) is 145 Å². The topological polar surface area (TPSA) is 119 Å². The second kappa shape index (κ2) is 38.2. The zero-order valence-electron chi connectivity index (χ0n) is 32.7. The molecule has 2 N–H and O–H groups in total. The molecule has 0 fully saturated rings. The molecule has 0 spiro atoms. The van der Waals surface area contributed by atoms with Crippen LogP contribution in [-0.4, -0.2) is 41.0 Å². The third-order valence-corrected chi connectivity index (χ3v) is 8.69. The summed E-state index contributed by atoms with van der Waals surface area (Å²) in [5.41, 5.74) is 0. The first-order chi connectivity index (χ1) is 25.3. The molecule has 0 saturated heterocycles. The summed E-state index contributed by atoms with van der Waals surface area (Å²) in [6.45, 7) is 3.52. The first-order valence-corrected chi connectivity index (χ1v) is 21.8. The lowest BCUT2D eigenvalue weighted by molar-refractivity contribution is -0.161. The molecule has 8 nitrogen and oxygen atoms in total. The van der Waals surface area contributed by atoms with Crippen LogP contribution in [0.25, 0.3) is 0 Å². The fourth-order valence-electron chi connectivity index (χ4n) is 5.22. The summed E-state index contributed by atoms with van der Waals surface area (Å²) in [5.74, 6) is -0.946.